The molecular formula is C18H23ClN2O4. The van der Waals surface area contributed by atoms with Crippen molar-refractivity contribution in [3.05, 3.63) is 40.1 Å². The third-order valence-corrected chi connectivity index (χ3v) is 4.06. The number of nitrogens with one attached hydrogen (secondary N) is 2. The Kier molecular flexibility index (Phi) is 6.31. The van der Waals surface area contributed by atoms with Crippen molar-refractivity contribution in [2.24, 2.45) is 5.92 Å². The summed E-state index contributed by atoms with van der Waals surface area (Å²) in [5.74, 6) is -0.00702. The van der Waals surface area contributed by atoms with Gasteiger partial charge in [-0.1, -0.05) is 32.4 Å². The fourth-order valence-electron chi connectivity index (χ4n) is 2.70. The minimum Gasteiger partial charge on any atom is -0.493 e. The zero-order valence-corrected chi connectivity index (χ0v) is 15.6. The molecule has 0 aromatic heterocycles. The molecule has 1 aromatic carbocycles. The first-order chi connectivity index (χ1) is 11.9. The molecule has 0 saturated carbocycles. The molecule has 1 heterocycles. The summed E-state index contributed by atoms with van der Waals surface area (Å²) in [6, 6.07) is 4.06. The monoisotopic (exact) mass is 366 g/mol. The van der Waals surface area contributed by atoms with Crippen LogP contribution in [0.1, 0.15) is 38.8 Å². The lowest BCUT2D eigenvalue weighted by Crippen LogP contribution is -2.47. The predicted octanol–water partition coefficient (Wildman–Crippen LogP) is 3.57. The maximum Gasteiger partial charge on any atom is 0.337 e. The normalized spacial score (nSPS) is 17.2. The molecule has 0 spiro atoms. The maximum absolute atomic E-state index is 12.4. The number of benzene rings is 1. The van der Waals surface area contributed by atoms with E-state index in [1.54, 1.807) is 18.2 Å². The van der Waals surface area contributed by atoms with E-state index in [0.717, 1.165) is 6.42 Å². The molecule has 1 aliphatic rings. The van der Waals surface area contributed by atoms with Gasteiger partial charge in [0.25, 0.3) is 0 Å². The highest BCUT2D eigenvalue weighted by molar-refractivity contribution is 6.30. The Bertz CT molecular complexity index is 700. The number of halogens is 1. The summed E-state index contributed by atoms with van der Waals surface area (Å²) in [5.41, 5.74) is 1.50. The Morgan fingerprint density at radius 3 is 2.68 bits per heavy atom. The maximum atomic E-state index is 12.4. The zero-order chi connectivity index (χ0) is 18.6. The van der Waals surface area contributed by atoms with E-state index in [1.807, 2.05) is 20.8 Å². The molecule has 136 valence electrons. The molecule has 0 bridgehead atoms. The Morgan fingerprint density at radius 1 is 1.36 bits per heavy atom. The van der Waals surface area contributed by atoms with Gasteiger partial charge in [-0.05, 0) is 30.5 Å². The van der Waals surface area contributed by atoms with Crippen LogP contribution in [0.15, 0.2) is 29.5 Å². The third-order valence-electron chi connectivity index (χ3n) is 3.83. The molecule has 2 rings (SSSR count). The van der Waals surface area contributed by atoms with Crippen molar-refractivity contribution in [3.63, 3.8) is 0 Å². The largest absolute Gasteiger partial charge is 0.493 e. The standard InChI is InChI=1S/C18H23ClN2O4/c1-5-8-25-13-7-6-11(19)9-12(13)16-14(17(22)24-4)15(10(2)3)20-18(23)21-16/h6-7,9-10,16H,5,8H2,1-4H3,(H2,20,21,23). The molecule has 1 atom stereocenters. The van der Waals surface area contributed by atoms with Crippen LogP contribution in [0, 0.1) is 5.92 Å². The fraction of sp³-hybridized carbons (Fsp3) is 0.444. The van der Waals surface area contributed by atoms with Crippen LogP contribution >= 0.6 is 11.6 Å². The summed E-state index contributed by atoms with van der Waals surface area (Å²) in [6.45, 7) is 6.31. The summed E-state index contributed by atoms with van der Waals surface area (Å²) in [5, 5.41) is 5.98. The lowest BCUT2D eigenvalue weighted by molar-refractivity contribution is -0.136. The van der Waals surface area contributed by atoms with Crippen molar-refractivity contribution in [1.29, 1.82) is 0 Å². The summed E-state index contributed by atoms with van der Waals surface area (Å²) in [6.07, 6.45) is 0.831. The van der Waals surface area contributed by atoms with Crippen LogP contribution < -0.4 is 15.4 Å². The van der Waals surface area contributed by atoms with Gasteiger partial charge in [-0.3, -0.25) is 0 Å². The van der Waals surface area contributed by atoms with Crippen molar-refractivity contribution >= 4 is 23.6 Å². The van der Waals surface area contributed by atoms with Gasteiger partial charge >= 0.3 is 12.0 Å². The van der Waals surface area contributed by atoms with Crippen molar-refractivity contribution in [3.8, 4) is 5.75 Å². The average molecular weight is 367 g/mol. The second kappa shape index (κ2) is 8.25. The fourth-order valence-corrected chi connectivity index (χ4v) is 2.88. The molecule has 0 aliphatic carbocycles. The Balaban J connectivity index is 2.61. The minimum absolute atomic E-state index is 0.0677. The van der Waals surface area contributed by atoms with E-state index in [0.29, 0.717) is 34.2 Å². The molecule has 0 saturated heterocycles. The smallest absolute Gasteiger partial charge is 0.337 e. The summed E-state index contributed by atoms with van der Waals surface area (Å²) < 4.78 is 10.7. The quantitative estimate of drug-likeness (QED) is 0.754. The van der Waals surface area contributed by atoms with Crippen molar-refractivity contribution < 1.29 is 19.1 Å². The Morgan fingerprint density at radius 2 is 2.08 bits per heavy atom. The van der Waals surface area contributed by atoms with Gasteiger partial charge in [0.1, 0.15) is 5.75 Å². The molecule has 2 amide bonds. The number of esters is 1. The van der Waals surface area contributed by atoms with Crippen LogP contribution in [0.4, 0.5) is 4.79 Å². The Hall–Kier alpha value is -2.21. The van der Waals surface area contributed by atoms with E-state index in [1.165, 1.54) is 7.11 Å². The number of ether oxygens (including phenoxy) is 2. The van der Waals surface area contributed by atoms with Gasteiger partial charge in [-0.2, -0.15) is 0 Å². The molecular weight excluding hydrogens is 344 g/mol. The molecule has 1 aliphatic heterocycles. The Labute approximate surface area is 152 Å². The second-order valence-corrected chi connectivity index (χ2v) is 6.47. The number of carbonyl (C=O) groups is 2. The highest BCUT2D eigenvalue weighted by Gasteiger charge is 2.36. The molecule has 0 fully saturated rings. The molecule has 1 unspecified atom stereocenters. The average Bonchev–Trinajstić information content (AvgIpc) is 2.59. The lowest BCUT2D eigenvalue weighted by atomic mass is 9.91. The van der Waals surface area contributed by atoms with Gasteiger partial charge < -0.3 is 20.1 Å². The van der Waals surface area contributed by atoms with Crippen LogP contribution in [0.3, 0.4) is 0 Å². The molecule has 6 nitrogen and oxygen atoms in total. The van der Waals surface area contributed by atoms with Gasteiger partial charge in [0.05, 0.1) is 25.3 Å². The minimum atomic E-state index is -0.704. The summed E-state index contributed by atoms with van der Waals surface area (Å²) >= 11 is 6.15. The van der Waals surface area contributed by atoms with Crippen molar-refractivity contribution in [2.45, 2.75) is 33.2 Å². The lowest BCUT2D eigenvalue weighted by Gasteiger charge is -2.31. The first-order valence-corrected chi connectivity index (χ1v) is 8.58. The van der Waals surface area contributed by atoms with E-state index in [2.05, 4.69) is 10.6 Å². The molecule has 2 N–H and O–H groups in total. The van der Waals surface area contributed by atoms with Gasteiger partial charge in [-0.25, -0.2) is 9.59 Å². The van der Waals surface area contributed by atoms with E-state index in [-0.39, 0.29) is 11.9 Å². The van der Waals surface area contributed by atoms with Crippen LogP contribution in [-0.4, -0.2) is 25.7 Å². The number of amides is 2. The number of hydrogen-bond acceptors (Lipinski definition) is 4. The van der Waals surface area contributed by atoms with Crippen LogP contribution in [0.25, 0.3) is 0 Å². The van der Waals surface area contributed by atoms with E-state index in [9.17, 15) is 9.59 Å². The second-order valence-electron chi connectivity index (χ2n) is 6.04. The number of carbonyl (C=O) groups excluding carboxylic acids is 2. The molecule has 25 heavy (non-hydrogen) atoms. The van der Waals surface area contributed by atoms with Crippen LogP contribution in [-0.2, 0) is 9.53 Å². The van der Waals surface area contributed by atoms with Crippen LogP contribution in [0.2, 0.25) is 5.02 Å². The highest BCUT2D eigenvalue weighted by atomic mass is 35.5. The van der Waals surface area contributed by atoms with E-state index < -0.39 is 12.0 Å². The molecule has 7 heteroatoms. The van der Waals surface area contributed by atoms with Gasteiger partial charge in [0, 0.05) is 16.3 Å². The number of rotatable bonds is 6. The van der Waals surface area contributed by atoms with Crippen molar-refractivity contribution in [1.82, 2.24) is 10.6 Å². The van der Waals surface area contributed by atoms with Crippen LogP contribution in [0.5, 0.6) is 5.75 Å². The predicted molar refractivity (Wildman–Crippen MR) is 95.5 cm³/mol. The van der Waals surface area contributed by atoms with Gasteiger partial charge in [0.15, 0.2) is 0 Å². The molecule has 1 aromatic rings. The van der Waals surface area contributed by atoms with Gasteiger partial charge in [-0.15, -0.1) is 0 Å². The SMILES string of the molecule is CCCOc1ccc(Cl)cc1C1NC(=O)NC(C(C)C)=C1C(=O)OC. The zero-order valence-electron chi connectivity index (χ0n) is 14.8. The van der Waals surface area contributed by atoms with E-state index in [4.69, 9.17) is 21.1 Å². The van der Waals surface area contributed by atoms with E-state index >= 15 is 0 Å². The topological polar surface area (TPSA) is 76.7 Å². The third kappa shape index (κ3) is 4.25. The number of urea groups is 1. The number of methoxy groups -OCH3 is 1. The van der Waals surface area contributed by atoms with Gasteiger partial charge in [0.2, 0.25) is 0 Å². The number of allylic oxidation sites excluding steroid dienone is 1. The summed E-state index contributed by atoms with van der Waals surface area (Å²) in [7, 11) is 1.31. The van der Waals surface area contributed by atoms with Crippen molar-refractivity contribution in [2.75, 3.05) is 13.7 Å². The first-order valence-electron chi connectivity index (χ1n) is 8.21. The highest BCUT2D eigenvalue weighted by Crippen LogP contribution is 2.36. The molecule has 0 radical (unpaired) electrons. The number of hydrogen-bond donors (Lipinski definition) is 2. The first kappa shape index (κ1) is 19.1. The summed E-state index contributed by atoms with van der Waals surface area (Å²) in [4.78, 5) is 24.6.